The number of piperidine rings is 1. The molecule has 1 fully saturated rings. The van der Waals surface area contributed by atoms with Crippen LogP contribution in [0.3, 0.4) is 0 Å². The van der Waals surface area contributed by atoms with Gasteiger partial charge in [-0.1, -0.05) is 31.5 Å². The summed E-state index contributed by atoms with van der Waals surface area (Å²) in [4.78, 5) is 6.89. The van der Waals surface area contributed by atoms with Gasteiger partial charge in [0.25, 0.3) is 0 Å². The predicted octanol–water partition coefficient (Wildman–Crippen LogP) is 2.85. The molecule has 1 aromatic rings. The number of halogens is 1. The Labute approximate surface area is 163 Å². The highest BCUT2D eigenvalue weighted by molar-refractivity contribution is 14.0. The molecule has 6 heteroatoms. The Kier molecular flexibility index (Phi) is 10.1. The summed E-state index contributed by atoms with van der Waals surface area (Å²) in [5, 5.41) is 6.84. The quantitative estimate of drug-likeness (QED) is 0.401. The van der Waals surface area contributed by atoms with Crippen LogP contribution in [0.5, 0.6) is 5.75 Å². The normalized spacial score (nSPS) is 18.6. The lowest BCUT2D eigenvalue weighted by atomic mass is 10.0. The van der Waals surface area contributed by atoms with Crippen molar-refractivity contribution >= 4 is 29.9 Å². The number of hydrogen-bond donors (Lipinski definition) is 2. The number of ether oxygens (including phenoxy) is 1. The van der Waals surface area contributed by atoms with Crippen LogP contribution in [0.1, 0.15) is 31.7 Å². The highest BCUT2D eigenvalue weighted by Gasteiger charge is 2.20. The molecule has 1 saturated heterocycles. The zero-order valence-electron chi connectivity index (χ0n) is 15.0. The van der Waals surface area contributed by atoms with E-state index in [1.807, 2.05) is 25.2 Å². The Morgan fingerprint density at radius 2 is 2.08 bits per heavy atom. The summed E-state index contributed by atoms with van der Waals surface area (Å²) >= 11 is 0. The predicted molar refractivity (Wildman–Crippen MR) is 111 cm³/mol. The summed E-state index contributed by atoms with van der Waals surface area (Å²) in [6, 6.07) is 8.67. The van der Waals surface area contributed by atoms with E-state index in [0.717, 1.165) is 30.4 Å². The van der Waals surface area contributed by atoms with Gasteiger partial charge < -0.3 is 15.4 Å². The van der Waals surface area contributed by atoms with Gasteiger partial charge in [0, 0.05) is 31.7 Å². The molecular weight excluding hydrogens is 415 g/mol. The van der Waals surface area contributed by atoms with Crippen LogP contribution in [0.4, 0.5) is 0 Å². The van der Waals surface area contributed by atoms with Crippen LogP contribution in [-0.4, -0.2) is 50.7 Å². The Bertz CT molecular complexity index is 510. The molecule has 5 nitrogen and oxygen atoms in total. The number of rotatable bonds is 6. The van der Waals surface area contributed by atoms with Crippen LogP contribution in [0.2, 0.25) is 0 Å². The maximum atomic E-state index is 5.39. The van der Waals surface area contributed by atoms with Crippen LogP contribution < -0.4 is 15.4 Å². The number of aliphatic imine (C=N–C) groups is 1. The van der Waals surface area contributed by atoms with Crippen molar-refractivity contribution in [2.75, 3.05) is 33.8 Å². The van der Waals surface area contributed by atoms with Crippen LogP contribution >= 0.6 is 24.0 Å². The zero-order chi connectivity index (χ0) is 16.5. The summed E-state index contributed by atoms with van der Waals surface area (Å²) in [6.07, 6.45) is 3.92. The van der Waals surface area contributed by atoms with Crippen LogP contribution in [0.15, 0.2) is 29.3 Å². The molecule has 0 spiro atoms. The average Bonchev–Trinajstić information content (AvgIpc) is 2.62. The minimum atomic E-state index is 0. The fourth-order valence-electron chi connectivity index (χ4n) is 3.17. The number of hydrogen-bond acceptors (Lipinski definition) is 3. The number of methoxy groups -OCH3 is 1. The SMILES string of the molecule is CCN1CCCCC1CNC(=NC)NCc1ccccc1OC.I. The van der Waals surface area contributed by atoms with Crippen molar-refractivity contribution in [1.29, 1.82) is 0 Å². The van der Waals surface area contributed by atoms with E-state index in [9.17, 15) is 0 Å². The van der Waals surface area contributed by atoms with Gasteiger partial charge in [-0.2, -0.15) is 0 Å². The number of likely N-dealkylation sites (tertiary alicyclic amines) is 1. The standard InChI is InChI=1S/C18H30N4O.HI/c1-4-22-12-8-7-10-16(22)14-21-18(19-2)20-13-15-9-5-6-11-17(15)23-3;/h5-6,9,11,16H,4,7-8,10,12-14H2,1-3H3,(H2,19,20,21);1H. The van der Waals surface area contributed by atoms with Crippen molar-refractivity contribution in [1.82, 2.24) is 15.5 Å². The molecule has 0 bridgehead atoms. The third-order valence-corrected chi connectivity index (χ3v) is 4.52. The largest absolute Gasteiger partial charge is 0.496 e. The highest BCUT2D eigenvalue weighted by Crippen LogP contribution is 2.17. The van der Waals surface area contributed by atoms with E-state index in [0.29, 0.717) is 12.6 Å². The van der Waals surface area contributed by atoms with Crippen molar-refractivity contribution < 1.29 is 4.74 Å². The lowest BCUT2D eigenvalue weighted by Crippen LogP contribution is -2.48. The molecule has 1 aliphatic heterocycles. The Balaban J connectivity index is 0.00000288. The van der Waals surface area contributed by atoms with Crippen molar-refractivity contribution in [3.8, 4) is 5.75 Å². The Hall–Kier alpha value is -1.02. The van der Waals surface area contributed by atoms with E-state index < -0.39 is 0 Å². The molecule has 1 atom stereocenters. The first-order valence-electron chi connectivity index (χ1n) is 8.59. The molecular formula is C18H31IN4O. The third kappa shape index (κ3) is 6.12. The maximum absolute atomic E-state index is 5.39. The van der Waals surface area contributed by atoms with Crippen molar-refractivity contribution in [3.63, 3.8) is 0 Å². The second kappa shape index (κ2) is 11.5. The number of likely N-dealkylation sites (N-methyl/N-ethyl adjacent to an activating group) is 1. The van der Waals surface area contributed by atoms with E-state index >= 15 is 0 Å². The van der Waals surface area contributed by atoms with Crippen LogP contribution in [-0.2, 0) is 6.54 Å². The monoisotopic (exact) mass is 446 g/mol. The summed E-state index contributed by atoms with van der Waals surface area (Å²) in [7, 11) is 3.52. The number of nitrogens with one attached hydrogen (secondary N) is 2. The lowest BCUT2D eigenvalue weighted by Gasteiger charge is -2.35. The third-order valence-electron chi connectivity index (χ3n) is 4.52. The molecule has 1 aromatic carbocycles. The maximum Gasteiger partial charge on any atom is 0.191 e. The molecule has 2 rings (SSSR count). The first kappa shape index (κ1) is 21.0. The number of para-hydroxylation sites is 1. The molecule has 2 N–H and O–H groups in total. The van der Waals surface area contributed by atoms with E-state index in [2.05, 4.69) is 33.5 Å². The fraction of sp³-hybridized carbons (Fsp3) is 0.611. The van der Waals surface area contributed by atoms with Crippen LogP contribution in [0.25, 0.3) is 0 Å². The molecule has 0 saturated carbocycles. The van der Waals surface area contributed by atoms with Gasteiger partial charge in [0.2, 0.25) is 0 Å². The topological polar surface area (TPSA) is 48.9 Å². The zero-order valence-corrected chi connectivity index (χ0v) is 17.4. The van der Waals surface area contributed by atoms with Gasteiger partial charge in [-0.25, -0.2) is 0 Å². The molecule has 1 unspecified atom stereocenters. The second-order valence-corrected chi connectivity index (χ2v) is 5.90. The Morgan fingerprint density at radius 3 is 2.79 bits per heavy atom. The molecule has 0 radical (unpaired) electrons. The van der Waals surface area contributed by atoms with E-state index in [4.69, 9.17) is 4.74 Å². The molecule has 0 aliphatic carbocycles. The van der Waals surface area contributed by atoms with E-state index in [1.54, 1.807) is 7.11 Å². The number of guanidine groups is 1. The van der Waals surface area contributed by atoms with E-state index in [-0.39, 0.29) is 24.0 Å². The first-order chi connectivity index (χ1) is 11.3. The van der Waals surface area contributed by atoms with Gasteiger partial charge >= 0.3 is 0 Å². The van der Waals surface area contributed by atoms with Crippen molar-refractivity contribution in [2.45, 2.75) is 38.8 Å². The molecule has 0 aromatic heterocycles. The smallest absolute Gasteiger partial charge is 0.191 e. The minimum Gasteiger partial charge on any atom is -0.496 e. The number of nitrogens with zero attached hydrogens (tertiary/aromatic N) is 2. The second-order valence-electron chi connectivity index (χ2n) is 5.90. The molecule has 1 heterocycles. The summed E-state index contributed by atoms with van der Waals surface area (Å²) < 4.78 is 5.39. The minimum absolute atomic E-state index is 0. The van der Waals surface area contributed by atoms with Crippen LogP contribution in [0, 0.1) is 0 Å². The molecule has 1 aliphatic rings. The first-order valence-corrected chi connectivity index (χ1v) is 8.59. The molecule has 24 heavy (non-hydrogen) atoms. The van der Waals surface area contributed by atoms with Crippen molar-refractivity contribution in [2.24, 2.45) is 4.99 Å². The molecule has 0 amide bonds. The van der Waals surface area contributed by atoms with Gasteiger partial charge in [0.1, 0.15) is 5.75 Å². The Morgan fingerprint density at radius 1 is 1.29 bits per heavy atom. The van der Waals surface area contributed by atoms with Gasteiger partial charge in [-0.15, -0.1) is 24.0 Å². The fourth-order valence-corrected chi connectivity index (χ4v) is 3.17. The van der Waals surface area contributed by atoms with Crippen molar-refractivity contribution in [3.05, 3.63) is 29.8 Å². The highest BCUT2D eigenvalue weighted by atomic mass is 127. The summed E-state index contributed by atoms with van der Waals surface area (Å²) in [5.41, 5.74) is 1.13. The lowest BCUT2D eigenvalue weighted by molar-refractivity contribution is 0.157. The van der Waals surface area contributed by atoms with E-state index in [1.165, 1.54) is 25.8 Å². The summed E-state index contributed by atoms with van der Waals surface area (Å²) in [6.45, 7) is 6.23. The average molecular weight is 446 g/mol. The van der Waals surface area contributed by atoms with Gasteiger partial charge in [-0.05, 0) is 32.0 Å². The van der Waals surface area contributed by atoms with Gasteiger partial charge in [-0.3, -0.25) is 9.89 Å². The number of benzene rings is 1. The van der Waals surface area contributed by atoms with Gasteiger partial charge in [0.15, 0.2) is 5.96 Å². The molecule has 136 valence electrons. The van der Waals surface area contributed by atoms with Gasteiger partial charge in [0.05, 0.1) is 7.11 Å². The summed E-state index contributed by atoms with van der Waals surface area (Å²) in [5.74, 6) is 1.75.